The summed E-state index contributed by atoms with van der Waals surface area (Å²) in [6, 6.07) is 0. The first-order chi connectivity index (χ1) is 9.31. The van der Waals surface area contributed by atoms with Crippen LogP contribution in [0.15, 0.2) is 5.16 Å². The summed E-state index contributed by atoms with van der Waals surface area (Å²) in [6.07, 6.45) is -3.24. The van der Waals surface area contributed by atoms with Gasteiger partial charge in [-0.3, -0.25) is 4.79 Å². The van der Waals surface area contributed by atoms with E-state index in [1.165, 1.54) is 11.8 Å². The molecule has 2 heterocycles. The van der Waals surface area contributed by atoms with Crippen LogP contribution in [0.25, 0.3) is 0 Å². The van der Waals surface area contributed by atoms with E-state index in [2.05, 4.69) is 10.2 Å². The smallest absolute Gasteiger partial charge is 0.333 e. The summed E-state index contributed by atoms with van der Waals surface area (Å²) < 4.78 is 38.7. The lowest BCUT2D eigenvalue weighted by atomic mass is 10.4. The van der Waals surface area contributed by atoms with E-state index in [0.717, 1.165) is 10.7 Å². The maximum atomic E-state index is 12.3. The van der Waals surface area contributed by atoms with Crippen LogP contribution in [0.3, 0.4) is 0 Å². The van der Waals surface area contributed by atoms with Gasteiger partial charge >= 0.3 is 6.18 Å². The summed E-state index contributed by atoms with van der Waals surface area (Å²) in [6.45, 7) is 0.890. The summed E-state index contributed by atoms with van der Waals surface area (Å²) in [4.78, 5) is 12.8. The number of carbonyl (C=O) groups excluding carboxylic acids is 1. The van der Waals surface area contributed by atoms with Crippen molar-refractivity contribution in [1.82, 2.24) is 19.7 Å². The summed E-state index contributed by atoms with van der Waals surface area (Å²) in [7, 11) is 1.79. The van der Waals surface area contributed by atoms with Gasteiger partial charge < -0.3 is 9.47 Å². The van der Waals surface area contributed by atoms with Crippen LogP contribution < -0.4 is 0 Å². The van der Waals surface area contributed by atoms with Crippen LogP contribution in [-0.4, -0.2) is 50.1 Å². The summed E-state index contributed by atoms with van der Waals surface area (Å²) >= 11 is 1.18. The van der Waals surface area contributed by atoms with Crippen molar-refractivity contribution < 1.29 is 18.0 Å². The van der Waals surface area contributed by atoms with E-state index < -0.39 is 23.9 Å². The standard InChI is InChI=1S/C11H15F3N4OS/c1-3-8-15-16-10(17(8)2)20-7-4-5-18(9(7)19)6-11(12,13)14/h7H,3-6H2,1-2H3. The summed E-state index contributed by atoms with van der Waals surface area (Å²) in [5.74, 6) is 0.304. The van der Waals surface area contributed by atoms with Crippen molar-refractivity contribution >= 4 is 17.7 Å². The van der Waals surface area contributed by atoms with E-state index in [9.17, 15) is 18.0 Å². The Morgan fingerprint density at radius 2 is 2.10 bits per heavy atom. The van der Waals surface area contributed by atoms with Crippen molar-refractivity contribution in [3.8, 4) is 0 Å². The molecule has 0 bridgehead atoms. The van der Waals surface area contributed by atoms with Crippen molar-refractivity contribution in [2.45, 2.75) is 36.3 Å². The van der Waals surface area contributed by atoms with E-state index >= 15 is 0 Å². The molecule has 112 valence electrons. The Balaban J connectivity index is 2.01. The second-order valence-electron chi connectivity index (χ2n) is 4.58. The van der Waals surface area contributed by atoms with Gasteiger partial charge in [-0.1, -0.05) is 18.7 Å². The minimum absolute atomic E-state index is 0.133. The van der Waals surface area contributed by atoms with E-state index in [4.69, 9.17) is 0 Å². The predicted octanol–water partition coefficient (Wildman–Crippen LogP) is 1.63. The molecule has 1 amide bonds. The number of rotatable bonds is 4. The second-order valence-corrected chi connectivity index (χ2v) is 5.75. The minimum Gasteiger partial charge on any atom is -0.333 e. The molecule has 1 unspecified atom stereocenters. The molecule has 0 aliphatic carbocycles. The van der Waals surface area contributed by atoms with Gasteiger partial charge in [-0.2, -0.15) is 13.2 Å². The van der Waals surface area contributed by atoms with Gasteiger partial charge in [0.05, 0.1) is 5.25 Å². The Bertz CT molecular complexity index is 502. The van der Waals surface area contributed by atoms with Crippen LogP contribution in [0, 0.1) is 0 Å². The fourth-order valence-corrected chi connectivity index (χ4v) is 3.16. The van der Waals surface area contributed by atoms with Gasteiger partial charge in [-0.15, -0.1) is 10.2 Å². The van der Waals surface area contributed by atoms with Gasteiger partial charge in [0.15, 0.2) is 5.16 Å². The number of hydrogen-bond acceptors (Lipinski definition) is 4. The number of amides is 1. The highest BCUT2D eigenvalue weighted by Gasteiger charge is 2.40. The Hall–Kier alpha value is -1.25. The number of likely N-dealkylation sites (tertiary alicyclic amines) is 1. The minimum atomic E-state index is -4.35. The highest BCUT2D eigenvalue weighted by Crippen LogP contribution is 2.31. The van der Waals surface area contributed by atoms with Crippen LogP contribution >= 0.6 is 11.8 Å². The second kappa shape index (κ2) is 5.63. The maximum absolute atomic E-state index is 12.3. The third-order valence-corrected chi connectivity index (χ3v) is 4.40. The fraction of sp³-hybridized carbons (Fsp3) is 0.727. The molecule has 0 saturated carbocycles. The molecule has 2 rings (SSSR count). The quantitative estimate of drug-likeness (QED) is 0.848. The first-order valence-corrected chi connectivity index (χ1v) is 7.10. The topological polar surface area (TPSA) is 51.0 Å². The maximum Gasteiger partial charge on any atom is 0.406 e. The third-order valence-electron chi connectivity index (χ3n) is 3.11. The molecule has 20 heavy (non-hydrogen) atoms. The Labute approximate surface area is 118 Å². The van der Waals surface area contributed by atoms with Crippen molar-refractivity contribution in [1.29, 1.82) is 0 Å². The number of carbonyl (C=O) groups is 1. The average molecular weight is 308 g/mol. The highest BCUT2D eigenvalue weighted by molar-refractivity contribution is 8.00. The van der Waals surface area contributed by atoms with Crippen LogP contribution in [0.4, 0.5) is 13.2 Å². The first kappa shape index (κ1) is 15.1. The summed E-state index contributed by atoms with van der Waals surface area (Å²) in [5.41, 5.74) is 0. The van der Waals surface area contributed by atoms with Crippen LogP contribution in [0.2, 0.25) is 0 Å². The monoisotopic (exact) mass is 308 g/mol. The first-order valence-electron chi connectivity index (χ1n) is 6.22. The van der Waals surface area contributed by atoms with Gasteiger partial charge in [0, 0.05) is 20.0 Å². The molecular formula is C11H15F3N4OS. The molecule has 9 heteroatoms. The zero-order valence-corrected chi connectivity index (χ0v) is 12.0. The molecule has 0 N–H and O–H groups in total. The van der Waals surface area contributed by atoms with Crippen LogP contribution in [0.5, 0.6) is 0 Å². The molecule has 1 aromatic rings. The van der Waals surface area contributed by atoms with Crippen molar-refractivity contribution in [3.05, 3.63) is 5.82 Å². The number of alkyl halides is 3. The van der Waals surface area contributed by atoms with Gasteiger partial charge in [0.2, 0.25) is 5.91 Å². The number of nitrogens with zero attached hydrogens (tertiary/aromatic N) is 4. The van der Waals surface area contributed by atoms with E-state index in [1.54, 1.807) is 11.6 Å². The molecule has 0 spiro atoms. The van der Waals surface area contributed by atoms with Crippen molar-refractivity contribution in [3.63, 3.8) is 0 Å². The molecule has 1 aromatic heterocycles. The zero-order chi connectivity index (χ0) is 14.9. The number of hydrogen-bond donors (Lipinski definition) is 0. The lowest BCUT2D eigenvalue weighted by Crippen LogP contribution is -2.36. The molecule has 1 saturated heterocycles. The molecule has 0 radical (unpaired) electrons. The lowest BCUT2D eigenvalue weighted by Gasteiger charge is -2.18. The van der Waals surface area contributed by atoms with Crippen LogP contribution in [-0.2, 0) is 18.3 Å². The molecule has 1 aliphatic heterocycles. The van der Waals surface area contributed by atoms with Gasteiger partial charge in [-0.05, 0) is 6.42 Å². The van der Waals surface area contributed by atoms with Crippen molar-refractivity contribution in [2.24, 2.45) is 7.05 Å². The number of aryl methyl sites for hydroxylation is 1. The normalized spacial score (nSPS) is 19.9. The van der Waals surface area contributed by atoms with E-state index in [-0.39, 0.29) is 6.54 Å². The number of thioether (sulfide) groups is 1. The fourth-order valence-electron chi connectivity index (χ4n) is 2.08. The molecule has 1 aliphatic rings. The Kier molecular flexibility index (Phi) is 4.26. The van der Waals surface area contributed by atoms with Gasteiger partial charge in [0.1, 0.15) is 12.4 Å². The number of aromatic nitrogens is 3. The Morgan fingerprint density at radius 3 is 2.65 bits per heavy atom. The molecule has 5 nitrogen and oxygen atoms in total. The van der Waals surface area contributed by atoms with E-state index in [1.807, 2.05) is 6.92 Å². The SMILES string of the molecule is CCc1nnc(SC2CCN(CC(F)(F)F)C2=O)n1C. The van der Waals surface area contributed by atoms with Crippen molar-refractivity contribution in [2.75, 3.05) is 13.1 Å². The molecular weight excluding hydrogens is 293 g/mol. The lowest BCUT2D eigenvalue weighted by molar-refractivity contribution is -0.157. The zero-order valence-electron chi connectivity index (χ0n) is 11.1. The van der Waals surface area contributed by atoms with Gasteiger partial charge in [-0.25, -0.2) is 0 Å². The van der Waals surface area contributed by atoms with E-state index in [0.29, 0.717) is 18.0 Å². The molecule has 1 atom stereocenters. The third kappa shape index (κ3) is 3.25. The van der Waals surface area contributed by atoms with Crippen LogP contribution in [0.1, 0.15) is 19.2 Å². The van der Waals surface area contributed by atoms with Gasteiger partial charge in [0.25, 0.3) is 0 Å². The molecule has 1 fully saturated rings. The Morgan fingerprint density at radius 1 is 1.40 bits per heavy atom. The number of halogens is 3. The highest BCUT2D eigenvalue weighted by atomic mass is 32.2. The summed E-state index contributed by atoms with van der Waals surface area (Å²) in [5, 5.41) is 7.99. The predicted molar refractivity (Wildman–Crippen MR) is 67.3 cm³/mol. The average Bonchev–Trinajstić information content (AvgIpc) is 2.86. The molecule has 0 aromatic carbocycles. The largest absolute Gasteiger partial charge is 0.406 e.